The Balaban J connectivity index is 0.00000261. The quantitative estimate of drug-likeness (QED) is 0.289. The second-order valence-electron chi connectivity index (χ2n) is 6.34. The fourth-order valence-electron chi connectivity index (χ4n) is 2.86. The van der Waals surface area contributed by atoms with E-state index in [1.165, 1.54) is 16.5 Å². The van der Waals surface area contributed by atoms with Crippen molar-refractivity contribution >= 4 is 46.7 Å². The predicted molar refractivity (Wildman–Crippen MR) is 124 cm³/mol. The Hall–Kier alpha value is -2.29. The Morgan fingerprint density at radius 2 is 1.93 bits per heavy atom. The number of para-hydroxylation sites is 1. The maximum Gasteiger partial charge on any atom is 0.191 e. The number of rotatable bonds is 6. The van der Waals surface area contributed by atoms with E-state index < -0.39 is 0 Å². The van der Waals surface area contributed by atoms with Crippen LogP contribution in [0.3, 0.4) is 0 Å². The van der Waals surface area contributed by atoms with Crippen molar-refractivity contribution in [1.82, 2.24) is 20.6 Å². The first-order valence-electron chi connectivity index (χ1n) is 8.80. The number of anilines is 1. The number of guanidine groups is 1. The average Bonchev–Trinajstić information content (AvgIpc) is 3.08. The number of nitrogens with zero attached hydrogens (tertiary/aromatic N) is 3. The zero-order valence-electron chi connectivity index (χ0n) is 16.0. The summed E-state index contributed by atoms with van der Waals surface area (Å²) >= 11 is 0. The van der Waals surface area contributed by atoms with E-state index in [9.17, 15) is 0 Å². The van der Waals surface area contributed by atoms with Gasteiger partial charge in [-0.15, -0.1) is 24.0 Å². The summed E-state index contributed by atoms with van der Waals surface area (Å²) in [7, 11) is 5.76. The monoisotopic (exact) mass is 478 g/mol. The van der Waals surface area contributed by atoms with Crippen LogP contribution in [0.5, 0.6) is 0 Å². The summed E-state index contributed by atoms with van der Waals surface area (Å²) in [5, 5.41) is 7.97. The lowest BCUT2D eigenvalue weighted by atomic mass is 10.1. The molecule has 0 atom stereocenters. The Labute approximate surface area is 177 Å². The Morgan fingerprint density at radius 1 is 1.11 bits per heavy atom. The first-order chi connectivity index (χ1) is 12.7. The van der Waals surface area contributed by atoms with Crippen molar-refractivity contribution in [2.45, 2.75) is 13.0 Å². The molecule has 2 heterocycles. The molecule has 3 aromatic rings. The normalized spacial score (nSPS) is 11.1. The third kappa shape index (κ3) is 5.59. The van der Waals surface area contributed by atoms with E-state index in [2.05, 4.69) is 50.0 Å². The molecule has 0 saturated carbocycles. The molecular formula is C20H27IN6. The van der Waals surface area contributed by atoms with Crippen molar-refractivity contribution in [3.05, 3.63) is 59.9 Å². The van der Waals surface area contributed by atoms with Crippen molar-refractivity contribution < 1.29 is 0 Å². The highest BCUT2D eigenvalue weighted by atomic mass is 127. The van der Waals surface area contributed by atoms with E-state index in [1.807, 2.05) is 43.3 Å². The third-order valence-corrected chi connectivity index (χ3v) is 4.27. The number of pyridine rings is 1. The zero-order valence-corrected chi connectivity index (χ0v) is 18.3. The Kier molecular flexibility index (Phi) is 7.90. The van der Waals surface area contributed by atoms with Crippen LogP contribution in [0.25, 0.3) is 10.9 Å². The van der Waals surface area contributed by atoms with E-state index in [-0.39, 0.29) is 24.0 Å². The molecule has 0 bridgehead atoms. The molecule has 0 aliphatic heterocycles. The summed E-state index contributed by atoms with van der Waals surface area (Å²) < 4.78 is 0. The second-order valence-corrected chi connectivity index (χ2v) is 6.34. The Morgan fingerprint density at radius 3 is 2.70 bits per heavy atom. The number of halogens is 1. The molecule has 3 rings (SSSR count). The predicted octanol–water partition coefficient (Wildman–Crippen LogP) is 3.15. The summed E-state index contributed by atoms with van der Waals surface area (Å²) in [4.78, 5) is 14.2. The first-order valence-corrected chi connectivity index (χ1v) is 8.80. The minimum absolute atomic E-state index is 0. The van der Waals surface area contributed by atoms with Crippen LogP contribution in [0, 0.1) is 0 Å². The number of fused-ring (bicyclic) bond motifs is 1. The molecule has 0 saturated heterocycles. The summed E-state index contributed by atoms with van der Waals surface area (Å²) in [5.41, 5.74) is 3.47. The molecule has 6 nitrogen and oxygen atoms in total. The van der Waals surface area contributed by atoms with Gasteiger partial charge in [0, 0.05) is 44.8 Å². The summed E-state index contributed by atoms with van der Waals surface area (Å²) in [6, 6.07) is 14.4. The minimum atomic E-state index is 0. The van der Waals surface area contributed by atoms with Gasteiger partial charge in [-0.1, -0.05) is 24.3 Å². The molecule has 144 valence electrons. The van der Waals surface area contributed by atoms with Gasteiger partial charge in [-0.3, -0.25) is 4.99 Å². The first kappa shape index (κ1) is 21.0. The SMILES string of the molecule is CN=C(NCCc1c[nH]c2ccccc12)NCc1cccc(N(C)C)n1.I. The lowest BCUT2D eigenvalue weighted by Gasteiger charge is -2.14. The topological polar surface area (TPSA) is 68.3 Å². The van der Waals surface area contributed by atoms with Crippen molar-refractivity contribution in [3.63, 3.8) is 0 Å². The number of hydrogen-bond donors (Lipinski definition) is 3. The largest absolute Gasteiger partial charge is 0.363 e. The van der Waals surface area contributed by atoms with Gasteiger partial charge in [0.15, 0.2) is 5.96 Å². The van der Waals surface area contributed by atoms with Crippen LogP contribution in [0.4, 0.5) is 5.82 Å². The number of nitrogens with one attached hydrogen (secondary N) is 3. The van der Waals surface area contributed by atoms with Crippen LogP contribution in [0.1, 0.15) is 11.3 Å². The molecular weight excluding hydrogens is 451 g/mol. The van der Waals surface area contributed by atoms with Crippen LogP contribution in [-0.4, -0.2) is 43.6 Å². The smallest absolute Gasteiger partial charge is 0.191 e. The minimum Gasteiger partial charge on any atom is -0.363 e. The standard InChI is InChI=1S/C20H26N6.HI/c1-21-20(24-14-16-7-6-10-19(25-16)26(2)3)22-12-11-15-13-23-18-9-5-4-8-17(15)18;/h4-10,13,23H,11-12,14H2,1-3H3,(H2,21,22,24);1H. The van der Waals surface area contributed by atoms with E-state index >= 15 is 0 Å². The number of aliphatic imine (C=N–C) groups is 1. The van der Waals surface area contributed by atoms with Gasteiger partial charge in [0.25, 0.3) is 0 Å². The van der Waals surface area contributed by atoms with Gasteiger partial charge in [-0.05, 0) is 30.2 Å². The number of benzene rings is 1. The summed E-state index contributed by atoms with van der Waals surface area (Å²) in [5.74, 6) is 1.73. The Bertz CT molecular complexity index is 887. The van der Waals surface area contributed by atoms with Gasteiger partial charge >= 0.3 is 0 Å². The van der Waals surface area contributed by atoms with Gasteiger partial charge in [0.1, 0.15) is 5.82 Å². The highest BCUT2D eigenvalue weighted by molar-refractivity contribution is 14.0. The molecule has 7 heteroatoms. The molecule has 3 N–H and O–H groups in total. The molecule has 0 aliphatic carbocycles. The van der Waals surface area contributed by atoms with Gasteiger partial charge in [-0.25, -0.2) is 4.98 Å². The van der Waals surface area contributed by atoms with Crippen molar-refractivity contribution in [2.75, 3.05) is 32.6 Å². The number of aromatic nitrogens is 2. The lowest BCUT2D eigenvalue weighted by Crippen LogP contribution is -2.38. The van der Waals surface area contributed by atoms with E-state index in [0.717, 1.165) is 30.4 Å². The molecule has 1 aromatic carbocycles. The van der Waals surface area contributed by atoms with Crippen LogP contribution in [-0.2, 0) is 13.0 Å². The highest BCUT2D eigenvalue weighted by Crippen LogP contribution is 2.17. The molecule has 0 aliphatic rings. The van der Waals surface area contributed by atoms with Gasteiger partial charge in [0.2, 0.25) is 0 Å². The third-order valence-electron chi connectivity index (χ3n) is 4.27. The molecule has 0 spiro atoms. The fraction of sp³-hybridized carbons (Fsp3) is 0.300. The summed E-state index contributed by atoms with van der Waals surface area (Å²) in [6.45, 7) is 1.45. The molecule has 0 radical (unpaired) electrons. The highest BCUT2D eigenvalue weighted by Gasteiger charge is 2.04. The number of aromatic amines is 1. The molecule has 27 heavy (non-hydrogen) atoms. The molecule has 2 aromatic heterocycles. The maximum atomic E-state index is 4.61. The van der Waals surface area contributed by atoms with Crippen LogP contribution in [0.15, 0.2) is 53.7 Å². The second kappa shape index (κ2) is 10.1. The van der Waals surface area contributed by atoms with Crippen molar-refractivity contribution in [2.24, 2.45) is 4.99 Å². The van der Waals surface area contributed by atoms with E-state index in [1.54, 1.807) is 7.05 Å². The van der Waals surface area contributed by atoms with Gasteiger partial charge in [0.05, 0.1) is 12.2 Å². The zero-order chi connectivity index (χ0) is 18.4. The van der Waals surface area contributed by atoms with Crippen LogP contribution in [0.2, 0.25) is 0 Å². The van der Waals surface area contributed by atoms with Gasteiger partial charge < -0.3 is 20.5 Å². The van der Waals surface area contributed by atoms with Crippen molar-refractivity contribution in [3.8, 4) is 0 Å². The van der Waals surface area contributed by atoms with Crippen LogP contribution >= 0.6 is 24.0 Å². The van der Waals surface area contributed by atoms with E-state index in [0.29, 0.717) is 6.54 Å². The number of H-pyrrole nitrogens is 1. The molecule has 0 amide bonds. The summed E-state index contributed by atoms with van der Waals surface area (Å²) in [6.07, 6.45) is 3.01. The van der Waals surface area contributed by atoms with E-state index in [4.69, 9.17) is 0 Å². The van der Waals surface area contributed by atoms with Crippen molar-refractivity contribution in [1.29, 1.82) is 0 Å². The average molecular weight is 478 g/mol. The maximum absolute atomic E-state index is 4.61. The van der Waals surface area contributed by atoms with Crippen LogP contribution < -0.4 is 15.5 Å². The fourth-order valence-corrected chi connectivity index (χ4v) is 2.86. The number of hydrogen-bond acceptors (Lipinski definition) is 3. The lowest BCUT2D eigenvalue weighted by molar-refractivity contribution is 0.784. The molecule has 0 fully saturated rings. The van der Waals surface area contributed by atoms with Gasteiger partial charge in [-0.2, -0.15) is 0 Å². The molecule has 0 unspecified atom stereocenters.